The Morgan fingerprint density at radius 3 is 2.94 bits per heavy atom. The molecule has 0 radical (unpaired) electrons. The van der Waals surface area contributed by atoms with E-state index in [9.17, 15) is 4.79 Å². The number of rotatable bonds is 2. The van der Waals surface area contributed by atoms with Crippen molar-refractivity contribution in [1.82, 2.24) is 15.2 Å². The first-order valence-electron chi connectivity index (χ1n) is 4.28. The van der Waals surface area contributed by atoms with E-state index in [1.807, 2.05) is 0 Å². The molecule has 1 amide bonds. The van der Waals surface area contributed by atoms with Crippen LogP contribution >= 0.6 is 27.5 Å². The fraction of sp³-hybridized carbons (Fsp3) is 0. The van der Waals surface area contributed by atoms with Crippen molar-refractivity contribution in [2.75, 3.05) is 5.32 Å². The van der Waals surface area contributed by atoms with Crippen molar-refractivity contribution in [2.24, 2.45) is 0 Å². The first-order valence-corrected chi connectivity index (χ1v) is 5.45. The van der Waals surface area contributed by atoms with Crippen molar-refractivity contribution < 1.29 is 4.79 Å². The third-order valence-corrected chi connectivity index (χ3v) is 2.71. The number of carbonyl (C=O) groups excluding carboxylic acids is 1. The second kappa shape index (κ2) is 4.63. The van der Waals surface area contributed by atoms with Crippen molar-refractivity contribution in [2.45, 2.75) is 0 Å². The summed E-state index contributed by atoms with van der Waals surface area (Å²) in [5.41, 5.74) is 0.473. The van der Waals surface area contributed by atoms with Crippen LogP contribution in [0.25, 0.3) is 0 Å². The number of hydrogen-bond acceptors (Lipinski definition) is 3. The van der Waals surface area contributed by atoms with Crippen LogP contribution in [0.15, 0.2) is 29.0 Å². The average Bonchev–Trinajstić information content (AvgIpc) is 2.70. The third-order valence-electron chi connectivity index (χ3n) is 1.82. The Labute approximate surface area is 104 Å². The molecule has 0 aliphatic carbocycles. The van der Waals surface area contributed by atoms with Crippen LogP contribution in [0.1, 0.15) is 10.4 Å². The minimum Gasteiger partial charge on any atom is -0.291 e. The van der Waals surface area contributed by atoms with Gasteiger partial charge in [-0.15, -0.1) is 0 Å². The predicted octanol–water partition coefficient (Wildman–Crippen LogP) is 2.47. The zero-order chi connectivity index (χ0) is 11.5. The zero-order valence-electron chi connectivity index (χ0n) is 7.87. The molecule has 0 atom stereocenters. The first kappa shape index (κ1) is 11.1. The van der Waals surface area contributed by atoms with Crippen LogP contribution in [0.3, 0.4) is 0 Å². The van der Waals surface area contributed by atoms with Crippen molar-refractivity contribution >= 4 is 39.4 Å². The molecule has 2 N–H and O–H groups in total. The van der Waals surface area contributed by atoms with Gasteiger partial charge >= 0.3 is 0 Å². The van der Waals surface area contributed by atoms with Crippen molar-refractivity contribution in [3.8, 4) is 0 Å². The predicted molar refractivity (Wildman–Crippen MR) is 63.5 cm³/mol. The Hall–Kier alpha value is -1.40. The van der Waals surface area contributed by atoms with Crippen LogP contribution in [0.2, 0.25) is 5.02 Å². The number of anilines is 1. The topological polar surface area (TPSA) is 70.7 Å². The number of nitrogens with zero attached hydrogens (tertiary/aromatic N) is 2. The summed E-state index contributed by atoms with van der Waals surface area (Å²) in [6, 6.07) is 4.91. The lowest BCUT2D eigenvalue weighted by atomic mass is 10.2. The lowest BCUT2D eigenvalue weighted by molar-refractivity contribution is 0.102. The number of hydrogen-bond donors (Lipinski definition) is 2. The number of benzene rings is 1. The number of aromatic amines is 1. The highest BCUT2D eigenvalue weighted by Crippen LogP contribution is 2.22. The van der Waals surface area contributed by atoms with E-state index < -0.39 is 0 Å². The summed E-state index contributed by atoms with van der Waals surface area (Å²) < 4.78 is 0.622. The van der Waals surface area contributed by atoms with Gasteiger partial charge in [0.2, 0.25) is 5.95 Å². The summed E-state index contributed by atoms with van der Waals surface area (Å²) in [5, 5.41) is 9.27. The summed E-state index contributed by atoms with van der Waals surface area (Å²) >= 11 is 9.03. The van der Waals surface area contributed by atoms with Gasteiger partial charge in [-0.2, -0.15) is 10.1 Å². The normalized spacial score (nSPS) is 10.1. The molecule has 1 aromatic heterocycles. The van der Waals surface area contributed by atoms with E-state index in [2.05, 4.69) is 36.4 Å². The van der Waals surface area contributed by atoms with Gasteiger partial charge in [-0.25, -0.2) is 5.10 Å². The molecule has 7 heteroatoms. The molecule has 82 valence electrons. The number of H-pyrrole nitrogens is 1. The summed E-state index contributed by atoms with van der Waals surface area (Å²) in [4.78, 5) is 15.6. The fourth-order valence-electron chi connectivity index (χ4n) is 1.11. The minimum atomic E-state index is -0.291. The number of halogens is 2. The maximum absolute atomic E-state index is 11.8. The van der Waals surface area contributed by atoms with Crippen LogP contribution in [-0.2, 0) is 0 Å². The monoisotopic (exact) mass is 300 g/mol. The molecule has 5 nitrogen and oxygen atoms in total. The van der Waals surface area contributed by atoms with Crippen LogP contribution in [-0.4, -0.2) is 21.1 Å². The lowest BCUT2D eigenvalue weighted by Gasteiger charge is -2.04. The highest BCUT2D eigenvalue weighted by Gasteiger charge is 2.11. The molecule has 0 saturated carbocycles. The molecule has 0 aliphatic rings. The summed E-state index contributed by atoms with van der Waals surface area (Å²) in [7, 11) is 0. The van der Waals surface area contributed by atoms with E-state index in [0.717, 1.165) is 0 Å². The molecular weight excluding hydrogens is 295 g/mol. The largest absolute Gasteiger partial charge is 0.291 e. The molecule has 16 heavy (non-hydrogen) atoms. The molecule has 0 unspecified atom stereocenters. The maximum atomic E-state index is 11.8. The number of nitrogens with one attached hydrogen (secondary N) is 2. The van der Waals surface area contributed by atoms with Crippen LogP contribution in [0.4, 0.5) is 5.95 Å². The molecule has 0 spiro atoms. The van der Waals surface area contributed by atoms with Crippen molar-refractivity contribution in [3.63, 3.8) is 0 Å². The van der Waals surface area contributed by atoms with Crippen LogP contribution in [0.5, 0.6) is 0 Å². The Balaban J connectivity index is 2.21. The van der Waals surface area contributed by atoms with Gasteiger partial charge in [-0.05, 0) is 34.1 Å². The standard InChI is InChI=1S/C9H6BrClN4O/c10-7-3-5(11)1-2-6(7)8(16)14-9-12-4-13-15-9/h1-4H,(H2,12,13,14,15,16). The van der Waals surface area contributed by atoms with E-state index in [1.54, 1.807) is 18.2 Å². The van der Waals surface area contributed by atoms with Crippen molar-refractivity contribution in [1.29, 1.82) is 0 Å². The number of carbonyl (C=O) groups is 1. The molecule has 0 saturated heterocycles. The Morgan fingerprint density at radius 2 is 2.31 bits per heavy atom. The van der Waals surface area contributed by atoms with Gasteiger partial charge in [0.05, 0.1) is 5.56 Å². The zero-order valence-corrected chi connectivity index (χ0v) is 10.2. The van der Waals surface area contributed by atoms with Gasteiger partial charge in [0, 0.05) is 9.50 Å². The van der Waals surface area contributed by atoms with E-state index in [1.165, 1.54) is 6.33 Å². The molecule has 1 aromatic carbocycles. The van der Waals surface area contributed by atoms with Gasteiger partial charge < -0.3 is 0 Å². The third kappa shape index (κ3) is 2.40. The van der Waals surface area contributed by atoms with Gasteiger partial charge in [-0.1, -0.05) is 11.6 Å². The molecule has 0 bridgehead atoms. The highest BCUT2D eigenvalue weighted by molar-refractivity contribution is 9.10. The van der Waals surface area contributed by atoms with Gasteiger partial charge in [-0.3, -0.25) is 10.1 Å². The minimum absolute atomic E-state index is 0.291. The summed E-state index contributed by atoms with van der Waals surface area (Å²) in [5.74, 6) is 0.00661. The van der Waals surface area contributed by atoms with Gasteiger partial charge in [0.1, 0.15) is 6.33 Å². The average molecular weight is 302 g/mol. The Bertz CT molecular complexity index is 514. The van der Waals surface area contributed by atoms with Crippen LogP contribution < -0.4 is 5.32 Å². The maximum Gasteiger partial charge on any atom is 0.259 e. The lowest BCUT2D eigenvalue weighted by Crippen LogP contribution is -2.13. The van der Waals surface area contributed by atoms with Gasteiger partial charge in [0.25, 0.3) is 5.91 Å². The molecule has 0 fully saturated rings. The Morgan fingerprint density at radius 1 is 1.50 bits per heavy atom. The highest BCUT2D eigenvalue weighted by atomic mass is 79.9. The quantitative estimate of drug-likeness (QED) is 0.895. The number of aromatic nitrogens is 3. The molecular formula is C9H6BrClN4O. The molecule has 2 aromatic rings. The smallest absolute Gasteiger partial charge is 0.259 e. The second-order valence-electron chi connectivity index (χ2n) is 2.91. The van der Waals surface area contributed by atoms with Gasteiger partial charge in [0.15, 0.2) is 0 Å². The SMILES string of the molecule is O=C(Nc1ncn[nH]1)c1ccc(Cl)cc1Br. The van der Waals surface area contributed by atoms with Crippen molar-refractivity contribution in [3.05, 3.63) is 39.6 Å². The van der Waals surface area contributed by atoms with E-state index >= 15 is 0 Å². The molecule has 2 rings (SSSR count). The second-order valence-corrected chi connectivity index (χ2v) is 4.20. The van der Waals surface area contributed by atoms with E-state index in [-0.39, 0.29) is 5.91 Å². The summed E-state index contributed by atoms with van der Waals surface area (Å²) in [6.45, 7) is 0. The van der Waals surface area contributed by atoms with E-state index in [4.69, 9.17) is 11.6 Å². The number of amides is 1. The fourth-order valence-corrected chi connectivity index (χ4v) is 1.98. The summed E-state index contributed by atoms with van der Waals surface area (Å²) in [6.07, 6.45) is 1.31. The molecule has 0 aliphatic heterocycles. The van der Waals surface area contributed by atoms with Crippen LogP contribution in [0, 0.1) is 0 Å². The van der Waals surface area contributed by atoms with E-state index in [0.29, 0.717) is 21.0 Å². The Kier molecular flexibility index (Phi) is 3.21. The molecule has 1 heterocycles. The first-order chi connectivity index (χ1) is 7.66.